The highest BCUT2D eigenvalue weighted by Gasteiger charge is 2.46. The molecule has 1 aromatic carbocycles. The van der Waals surface area contributed by atoms with E-state index in [0.29, 0.717) is 42.4 Å². The third kappa shape index (κ3) is 2.84. The summed E-state index contributed by atoms with van der Waals surface area (Å²) in [7, 11) is 0. The van der Waals surface area contributed by atoms with Crippen LogP contribution in [0.5, 0.6) is 0 Å². The maximum Gasteiger partial charge on any atom is 0.270 e. The molecule has 2 aromatic heterocycles. The monoisotopic (exact) mass is 397 g/mol. The normalized spacial score (nSPS) is 21.0. The van der Waals surface area contributed by atoms with Crippen molar-refractivity contribution in [2.45, 2.75) is 24.9 Å². The number of H-pyrrole nitrogens is 1. The minimum atomic E-state index is -0.963. The van der Waals surface area contributed by atoms with Crippen LogP contribution in [-0.2, 0) is 0 Å². The first kappa shape index (κ1) is 17.7. The van der Waals surface area contributed by atoms with Crippen molar-refractivity contribution in [2.24, 2.45) is 0 Å². The van der Waals surface area contributed by atoms with E-state index in [2.05, 4.69) is 15.0 Å². The maximum absolute atomic E-state index is 13.5. The summed E-state index contributed by atoms with van der Waals surface area (Å²) in [6, 6.07) is 3.50. The van der Waals surface area contributed by atoms with Gasteiger partial charge in [0, 0.05) is 42.5 Å². The number of fused-ring (bicyclic) bond motifs is 2. The van der Waals surface area contributed by atoms with Crippen LogP contribution in [0.3, 0.4) is 0 Å². The van der Waals surface area contributed by atoms with E-state index in [1.54, 1.807) is 9.80 Å². The molecule has 2 saturated heterocycles. The molecule has 2 aliphatic rings. The average molecular weight is 397 g/mol. The predicted octanol–water partition coefficient (Wildman–Crippen LogP) is 2.37. The summed E-state index contributed by atoms with van der Waals surface area (Å²) in [6.45, 7) is 1.07. The van der Waals surface area contributed by atoms with Gasteiger partial charge in [-0.3, -0.25) is 9.59 Å². The van der Waals surface area contributed by atoms with Gasteiger partial charge in [-0.2, -0.15) is 0 Å². The van der Waals surface area contributed by atoms with Crippen molar-refractivity contribution in [3.05, 3.63) is 59.8 Å². The number of benzene rings is 1. The number of rotatable bonds is 2. The molecule has 5 rings (SSSR count). The van der Waals surface area contributed by atoms with Crippen LogP contribution in [-0.4, -0.2) is 61.7 Å². The fourth-order valence-electron chi connectivity index (χ4n) is 4.46. The summed E-state index contributed by atoms with van der Waals surface area (Å²) in [5.74, 6) is -2.28. The topological polar surface area (TPSA) is 82.2 Å². The van der Waals surface area contributed by atoms with Gasteiger partial charge in [-0.05, 0) is 25.0 Å². The molecule has 4 heterocycles. The fraction of sp³-hybridized carbons (Fsp3) is 0.300. The van der Waals surface area contributed by atoms with Crippen molar-refractivity contribution >= 4 is 22.7 Å². The molecular weight excluding hydrogens is 380 g/mol. The van der Waals surface area contributed by atoms with Crippen molar-refractivity contribution in [3.63, 3.8) is 0 Å². The van der Waals surface area contributed by atoms with Crippen molar-refractivity contribution in [2.75, 3.05) is 13.1 Å². The molecule has 2 atom stereocenters. The Labute approximate surface area is 164 Å². The first-order valence-corrected chi connectivity index (χ1v) is 9.37. The number of nitrogens with one attached hydrogen (secondary N) is 1. The molecule has 29 heavy (non-hydrogen) atoms. The lowest BCUT2D eigenvalue weighted by atomic mass is 10.1. The van der Waals surface area contributed by atoms with Gasteiger partial charge in [0.1, 0.15) is 12.0 Å². The zero-order valence-corrected chi connectivity index (χ0v) is 15.3. The lowest BCUT2D eigenvalue weighted by Crippen LogP contribution is -2.41. The Kier molecular flexibility index (Phi) is 4.04. The fourth-order valence-corrected chi connectivity index (χ4v) is 4.46. The van der Waals surface area contributed by atoms with E-state index >= 15 is 0 Å². The van der Waals surface area contributed by atoms with Gasteiger partial charge in [-0.1, -0.05) is 0 Å². The first-order chi connectivity index (χ1) is 14.0. The van der Waals surface area contributed by atoms with Gasteiger partial charge >= 0.3 is 0 Å². The number of halogens is 2. The van der Waals surface area contributed by atoms with Crippen LogP contribution in [0.4, 0.5) is 8.78 Å². The number of carbonyl (C=O) groups is 2. The molecule has 0 bridgehead atoms. The van der Waals surface area contributed by atoms with E-state index < -0.39 is 11.6 Å². The van der Waals surface area contributed by atoms with Crippen LogP contribution < -0.4 is 0 Å². The molecule has 1 N–H and O–H groups in total. The van der Waals surface area contributed by atoms with Gasteiger partial charge in [0.05, 0.1) is 17.6 Å². The first-order valence-electron chi connectivity index (χ1n) is 9.37. The van der Waals surface area contributed by atoms with Gasteiger partial charge < -0.3 is 14.8 Å². The number of hydrogen-bond donors (Lipinski definition) is 1. The summed E-state index contributed by atoms with van der Waals surface area (Å²) in [4.78, 5) is 40.1. The van der Waals surface area contributed by atoms with E-state index in [1.165, 1.54) is 24.8 Å². The molecule has 2 aliphatic heterocycles. The highest BCUT2D eigenvalue weighted by molar-refractivity contribution is 5.99. The van der Waals surface area contributed by atoms with E-state index in [0.717, 1.165) is 12.1 Å². The minimum Gasteiger partial charge on any atom is -0.350 e. The number of aromatic amines is 1. The van der Waals surface area contributed by atoms with E-state index in [9.17, 15) is 18.4 Å². The average Bonchev–Trinajstić information content (AvgIpc) is 3.43. The number of amides is 2. The van der Waals surface area contributed by atoms with E-state index in [1.807, 2.05) is 0 Å². The van der Waals surface area contributed by atoms with Crippen LogP contribution in [0.15, 0.2) is 36.9 Å². The molecule has 3 aromatic rings. The summed E-state index contributed by atoms with van der Waals surface area (Å²) in [5, 5.41) is 0.440. The summed E-state index contributed by atoms with van der Waals surface area (Å²) in [6.07, 6.45) is 5.71. The molecule has 9 heteroatoms. The van der Waals surface area contributed by atoms with Gasteiger partial charge in [-0.25, -0.2) is 18.7 Å². The van der Waals surface area contributed by atoms with Crippen molar-refractivity contribution in [1.29, 1.82) is 0 Å². The predicted molar refractivity (Wildman–Crippen MR) is 99.1 cm³/mol. The van der Waals surface area contributed by atoms with Crippen molar-refractivity contribution in [1.82, 2.24) is 24.8 Å². The van der Waals surface area contributed by atoms with Crippen LogP contribution in [0.25, 0.3) is 10.9 Å². The zero-order chi connectivity index (χ0) is 20.1. The molecule has 0 spiro atoms. The molecule has 2 fully saturated rings. The van der Waals surface area contributed by atoms with Crippen molar-refractivity contribution < 1.29 is 18.4 Å². The zero-order valence-electron chi connectivity index (χ0n) is 15.3. The van der Waals surface area contributed by atoms with Gasteiger partial charge in [0.25, 0.3) is 11.8 Å². The second-order valence-corrected chi connectivity index (χ2v) is 7.37. The molecule has 0 unspecified atom stereocenters. The number of aromatic nitrogens is 3. The van der Waals surface area contributed by atoms with E-state index in [-0.39, 0.29) is 29.6 Å². The third-order valence-corrected chi connectivity index (χ3v) is 5.80. The van der Waals surface area contributed by atoms with Gasteiger partial charge in [0.15, 0.2) is 11.6 Å². The SMILES string of the molecule is O=C(c1cncnc1)N1CC[C@H]2[C@@H]1CCN2C(=O)c1cc2cc(F)c(F)cc2[nH]1. The Morgan fingerprint density at radius 1 is 0.931 bits per heavy atom. The lowest BCUT2D eigenvalue weighted by Gasteiger charge is -2.25. The molecule has 0 aliphatic carbocycles. The lowest BCUT2D eigenvalue weighted by molar-refractivity contribution is 0.0688. The number of likely N-dealkylation sites (tertiary alicyclic amines) is 2. The molecule has 148 valence electrons. The quantitative estimate of drug-likeness (QED) is 0.720. The van der Waals surface area contributed by atoms with Crippen molar-refractivity contribution in [3.8, 4) is 0 Å². The molecule has 2 amide bonds. The third-order valence-electron chi connectivity index (χ3n) is 5.80. The van der Waals surface area contributed by atoms with Crippen LogP contribution >= 0.6 is 0 Å². The highest BCUT2D eigenvalue weighted by Crippen LogP contribution is 2.34. The van der Waals surface area contributed by atoms with Gasteiger partial charge in [0.2, 0.25) is 0 Å². The Balaban J connectivity index is 1.37. The Morgan fingerprint density at radius 3 is 2.24 bits per heavy atom. The standard InChI is InChI=1S/C20H17F2N5O2/c21-13-5-11-6-16(25-15(11)7-14(13)22)20(29)27-4-2-17-18(27)1-3-26(17)19(28)12-8-23-10-24-9-12/h5-10,17-18,25H,1-4H2/t17-,18-/m0/s1. The Hall–Kier alpha value is -3.36. The van der Waals surface area contributed by atoms with E-state index in [4.69, 9.17) is 0 Å². The summed E-state index contributed by atoms with van der Waals surface area (Å²) >= 11 is 0. The molecular formula is C20H17F2N5O2. The van der Waals surface area contributed by atoms with Crippen LogP contribution in [0.1, 0.15) is 33.7 Å². The minimum absolute atomic E-state index is 0.0640. The second-order valence-electron chi connectivity index (χ2n) is 7.37. The number of hydrogen-bond acceptors (Lipinski definition) is 4. The maximum atomic E-state index is 13.5. The van der Waals surface area contributed by atoms with Crippen LogP contribution in [0.2, 0.25) is 0 Å². The Morgan fingerprint density at radius 2 is 1.55 bits per heavy atom. The Bertz CT molecular complexity index is 1080. The molecule has 0 radical (unpaired) electrons. The summed E-state index contributed by atoms with van der Waals surface area (Å²) < 4.78 is 26.9. The smallest absolute Gasteiger partial charge is 0.270 e. The van der Waals surface area contributed by atoms with Gasteiger partial charge in [-0.15, -0.1) is 0 Å². The van der Waals surface area contributed by atoms with Crippen LogP contribution in [0, 0.1) is 11.6 Å². The largest absolute Gasteiger partial charge is 0.350 e. The number of nitrogens with zero attached hydrogens (tertiary/aromatic N) is 4. The molecule has 7 nitrogen and oxygen atoms in total. The second kappa shape index (κ2) is 6.61. The summed E-state index contributed by atoms with van der Waals surface area (Å²) in [5.41, 5.74) is 1.08. The highest BCUT2D eigenvalue weighted by atomic mass is 19.2. The number of carbonyl (C=O) groups excluding carboxylic acids is 2. The molecule has 0 saturated carbocycles.